The van der Waals surface area contributed by atoms with Gasteiger partial charge in [-0.15, -0.1) is 0 Å². The number of rotatable bonds is 3. The molecule has 5 rings (SSSR count). The summed E-state index contributed by atoms with van der Waals surface area (Å²) >= 11 is 7.14. The topological polar surface area (TPSA) is 38.0 Å². The summed E-state index contributed by atoms with van der Waals surface area (Å²) in [4.78, 5) is 0. The molecule has 0 aliphatic heterocycles. The molecule has 1 aromatic carbocycles. The molecule has 120 valence electrons. The van der Waals surface area contributed by atoms with Crippen molar-refractivity contribution in [3.05, 3.63) is 26.6 Å². The summed E-state index contributed by atoms with van der Waals surface area (Å²) in [5.41, 5.74) is 8.68. The van der Waals surface area contributed by atoms with Crippen LogP contribution in [0.4, 0.5) is 5.69 Å². The van der Waals surface area contributed by atoms with Crippen LogP contribution in [-0.2, 0) is 6.54 Å². The van der Waals surface area contributed by atoms with E-state index in [1.165, 1.54) is 37.7 Å². The second-order valence-electron chi connectivity index (χ2n) is 7.87. The molecular formula is C18H24Br2N2. The molecule has 4 saturated carbocycles. The van der Waals surface area contributed by atoms with Crippen LogP contribution in [0.3, 0.4) is 0 Å². The average molecular weight is 428 g/mol. The van der Waals surface area contributed by atoms with Crippen molar-refractivity contribution in [1.29, 1.82) is 0 Å². The van der Waals surface area contributed by atoms with Gasteiger partial charge in [0.15, 0.2) is 0 Å². The van der Waals surface area contributed by atoms with Crippen LogP contribution in [0.15, 0.2) is 21.1 Å². The third-order valence-corrected chi connectivity index (χ3v) is 7.75. The lowest BCUT2D eigenvalue weighted by atomic mass is 9.49. The number of nitrogens with one attached hydrogen (secondary N) is 1. The summed E-state index contributed by atoms with van der Waals surface area (Å²) in [7, 11) is 0. The maximum atomic E-state index is 6.26. The molecule has 0 saturated heterocycles. The molecule has 0 amide bonds. The summed E-state index contributed by atoms with van der Waals surface area (Å²) in [5, 5.41) is 3.97. The molecule has 1 aromatic rings. The molecule has 3 N–H and O–H groups in total. The van der Waals surface area contributed by atoms with E-state index in [1.807, 2.05) is 6.07 Å². The molecule has 3 atom stereocenters. The first kappa shape index (κ1) is 15.5. The molecule has 0 aromatic heterocycles. The lowest BCUT2D eigenvalue weighted by molar-refractivity contribution is -0.0675. The second-order valence-corrected chi connectivity index (χ2v) is 9.64. The first-order chi connectivity index (χ1) is 10.5. The SMILES string of the molecule is CC1C2CC3CC(C2)CC1(NCc1cc(Br)cc(Br)c1N)C3. The van der Waals surface area contributed by atoms with Gasteiger partial charge < -0.3 is 11.1 Å². The Morgan fingerprint density at radius 2 is 1.86 bits per heavy atom. The van der Waals surface area contributed by atoms with Gasteiger partial charge in [0.2, 0.25) is 0 Å². The highest BCUT2D eigenvalue weighted by atomic mass is 79.9. The van der Waals surface area contributed by atoms with Crippen molar-refractivity contribution in [2.45, 2.75) is 51.1 Å². The monoisotopic (exact) mass is 426 g/mol. The van der Waals surface area contributed by atoms with Gasteiger partial charge in [0, 0.05) is 21.0 Å². The van der Waals surface area contributed by atoms with Gasteiger partial charge in [0.25, 0.3) is 0 Å². The molecule has 0 radical (unpaired) electrons. The van der Waals surface area contributed by atoms with Gasteiger partial charge in [0.05, 0.1) is 5.69 Å². The minimum atomic E-state index is 0.357. The van der Waals surface area contributed by atoms with Crippen LogP contribution in [0.5, 0.6) is 0 Å². The summed E-state index contributed by atoms with van der Waals surface area (Å²) < 4.78 is 2.07. The van der Waals surface area contributed by atoms with Crippen LogP contribution in [-0.4, -0.2) is 5.54 Å². The molecule has 4 fully saturated rings. The van der Waals surface area contributed by atoms with Crippen LogP contribution >= 0.6 is 31.9 Å². The third kappa shape index (κ3) is 2.46. The zero-order valence-corrected chi connectivity index (χ0v) is 16.2. The van der Waals surface area contributed by atoms with Crippen molar-refractivity contribution < 1.29 is 0 Å². The van der Waals surface area contributed by atoms with Crippen LogP contribution in [0.25, 0.3) is 0 Å². The number of anilines is 1. The van der Waals surface area contributed by atoms with Crippen LogP contribution in [0, 0.1) is 23.7 Å². The fourth-order valence-corrected chi connectivity index (χ4v) is 6.97. The minimum absolute atomic E-state index is 0.357. The number of hydrogen-bond acceptors (Lipinski definition) is 2. The molecule has 4 bridgehead atoms. The predicted molar refractivity (Wildman–Crippen MR) is 98.5 cm³/mol. The molecular weight excluding hydrogens is 404 g/mol. The Hall–Kier alpha value is -0.0600. The first-order valence-electron chi connectivity index (χ1n) is 8.45. The van der Waals surface area contributed by atoms with Gasteiger partial charge in [-0.1, -0.05) is 22.9 Å². The highest BCUT2D eigenvalue weighted by Gasteiger charge is 2.54. The Labute approximate surface area is 149 Å². The standard InChI is InChI=1S/C18H24Br2N2/c1-10-13-3-11-2-12(4-13)8-18(10,7-11)22-9-14-5-15(19)6-16(20)17(14)21/h5-6,10-13,22H,2-4,7-9,21H2,1H3. The molecule has 0 spiro atoms. The number of nitrogens with two attached hydrogens (primary N) is 1. The Morgan fingerprint density at radius 3 is 2.55 bits per heavy atom. The fraction of sp³-hybridized carbons (Fsp3) is 0.667. The lowest BCUT2D eigenvalue weighted by Gasteiger charge is -2.61. The Bertz CT molecular complexity index is 587. The van der Waals surface area contributed by atoms with E-state index in [-0.39, 0.29) is 0 Å². The summed E-state index contributed by atoms with van der Waals surface area (Å²) in [6.07, 6.45) is 7.18. The van der Waals surface area contributed by atoms with Crippen LogP contribution in [0.2, 0.25) is 0 Å². The van der Waals surface area contributed by atoms with E-state index in [1.54, 1.807) is 0 Å². The molecule has 4 aliphatic carbocycles. The maximum Gasteiger partial charge on any atom is 0.0504 e. The molecule has 4 heteroatoms. The van der Waals surface area contributed by atoms with E-state index in [0.717, 1.165) is 44.8 Å². The van der Waals surface area contributed by atoms with Crippen LogP contribution < -0.4 is 11.1 Å². The average Bonchev–Trinajstić information content (AvgIpc) is 2.46. The maximum absolute atomic E-state index is 6.26. The molecule has 22 heavy (non-hydrogen) atoms. The molecule has 0 heterocycles. The number of benzene rings is 1. The molecule has 4 aliphatic rings. The minimum Gasteiger partial charge on any atom is -0.398 e. The second kappa shape index (κ2) is 5.49. The van der Waals surface area contributed by atoms with E-state index in [9.17, 15) is 0 Å². The summed E-state index contributed by atoms with van der Waals surface area (Å²) in [5.74, 6) is 3.68. The van der Waals surface area contributed by atoms with Crippen LogP contribution in [0.1, 0.15) is 44.6 Å². The van der Waals surface area contributed by atoms with E-state index in [2.05, 4.69) is 50.2 Å². The van der Waals surface area contributed by atoms with E-state index < -0.39 is 0 Å². The van der Waals surface area contributed by atoms with Crippen molar-refractivity contribution in [1.82, 2.24) is 5.32 Å². The van der Waals surface area contributed by atoms with Crippen molar-refractivity contribution in [2.75, 3.05) is 5.73 Å². The van der Waals surface area contributed by atoms with E-state index in [0.29, 0.717) is 5.54 Å². The number of hydrogen-bond donors (Lipinski definition) is 2. The molecule has 2 nitrogen and oxygen atoms in total. The predicted octanol–water partition coefficient (Wildman–Crippen LogP) is 5.10. The zero-order valence-electron chi connectivity index (χ0n) is 13.0. The Kier molecular flexibility index (Phi) is 3.86. The zero-order chi connectivity index (χ0) is 15.5. The van der Waals surface area contributed by atoms with Gasteiger partial charge in [-0.3, -0.25) is 0 Å². The lowest BCUT2D eigenvalue weighted by Crippen LogP contribution is -2.63. The quantitative estimate of drug-likeness (QED) is 0.658. The smallest absolute Gasteiger partial charge is 0.0504 e. The van der Waals surface area contributed by atoms with Crippen molar-refractivity contribution in [2.24, 2.45) is 23.7 Å². The van der Waals surface area contributed by atoms with Gasteiger partial charge in [0.1, 0.15) is 0 Å². The Balaban J connectivity index is 1.56. The fourth-order valence-electron chi connectivity index (χ4n) is 5.66. The third-order valence-electron chi connectivity index (χ3n) is 6.63. The van der Waals surface area contributed by atoms with E-state index in [4.69, 9.17) is 5.73 Å². The molecule has 3 unspecified atom stereocenters. The number of nitrogen functional groups attached to an aromatic ring is 1. The largest absolute Gasteiger partial charge is 0.398 e. The normalized spacial score (nSPS) is 39.4. The summed E-state index contributed by atoms with van der Waals surface area (Å²) in [6, 6.07) is 4.17. The van der Waals surface area contributed by atoms with Crippen molar-refractivity contribution >= 4 is 37.5 Å². The van der Waals surface area contributed by atoms with Crippen molar-refractivity contribution in [3.63, 3.8) is 0 Å². The first-order valence-corrected chi connectivity index (χ1v) is 10.0. The van der Waals surface area contributed by atoms with E-state index >= 15 is 0 Å². The van der Waals surface area contributed by atoms with Gasteiger partial charge in [-0.2, -0.15) is 0 Å². The summed E-state index contributed by atoms with van der Waals surface area (Å²) in [6.45, 7) is 3.36. The van der Waals surface area contributed by atoms with Gasteiger partial charge in [-0.05, 0) is 89.4 Å². The Morgan fingerprint density at radius 1 is 1.18 bits per heavy atom. The highest BCUT2D eigenvalue weighted by Crippen LogP contribution is 2.58. The van der Waals surface area contributed by atoms with Gasteiger partial charge >= 0.3 is 0 Å². The van der Waals surface area contributed by atoms with Crippen molar-refractivity contribution in [3.8, 4) is 0 Å². The van der Waals surface area contributed by atoms with Gasteiger partial charge in [-0.25, -0.2) is 0 Å². The highest BCUT2D eigenvalue weighted by molar-refractivity contribution is 9.11. The number of halogens is 2.